The molecule has 110 valence electrons. The first-order valence-electron chi connectivity index (χ1n) is 7.13. The third-order valence-electron chi connectivity index (χ3n) is 3.83. The third-order valence-corrected chi connectivity index (χ3v) is 4.08. The number of aliphatic imine (C=N–C) groups is 1. The van der Waals surface area contributed by atoms with Gasteiger partial charge in [-0.3, -0.25) is 5.01 Å². The van der Waals surface area contributed by atoms with Gasteiger partial charge in [-0.25, -0.2) is 4.99 Å². The Morgan fingerprint density at radius 3 is 2.50 bits per heavy atom. The van der Waals surface area contributed by atoms with Crippen molar-refractivity contribution in [3.05, 3.63) is 65.2 Å². The van der Waals surface area contributed by atoms with Gasteiger partial charge in [0.05, 0.1) is 5.69 Å². The molecule has 2 heterocycles. The van der Waals surface area contributed by atoms with Crippen LogP contribution in [0.4, 0.5) is 5.69 Å². The summed E-state index contributed by atoms with van der Waals surface area (Å²) >= 11 is 6.01. The van der Waals surface area contributed by atoms with Crippen molar-refractivity contribution >= 4 is 29.1 Å². The SMILES string of the molecule is CC1=NC2C(=NN(c3ccccc3)C2c2ccc(Cl)cc2)O1. The fraction of sp³-hybridized carbons (Fsp3) is 0.176. The van der Waals surface area contributed by atoms with Crippen LogP contribution in [-0.2, 0) is 4.74 Å². The second kappa shape index (κ2) is 5.14. The number of fused-ring (bicyclic) bond motifs is 1. The van der Waals surface area contributed by atoms with Crippen LogP contribution in [0, 0.1) is 0 Å². The van der Waals surface area contributed by atoms with Crippen molar-refractivity contribution in [2.75, 3.05) is 5.01 Å². The van der Waals surface area contributed by atoms with Crippen molar-refractivity contribution in [1.82, 2.24) is 0 Å². The molecule has 2 atom stereocenters. The molecule has 0 aromatic heterocycles. The predicted molar refractivity (Wildman–Crippen MR) is 88.5 cm³/mol. The van der Waals surface area contributed by atoms with Crippen LogP contribution in [0.25, 0.3) is 0 Å². The average Bonchev–Trinajstić information content (AvgIpc) is 3.05. The average molecular weight is 312 g/mol. The molecule has 2 aliphatic rings. The topological polar surface area (TPSA) is 37.2 Å². The largest absolute Gasteiger partial charge is 0.425 e. The fourth-order valence-electron chi connectivity index (χ4n) is 2.86. The van der Waals surface area contributed by atoms with Crippen LogP contribution in [0.15, 0.2) is 64.7 Å². The molecule has 2 unspecified atom stereocenters. The fourth-order valence-corrected chi connectivity index (χ4v) is 2.98. The molecule has 4 rings (SSSR count). The molecule has 5 heteroatoms. The molecule has 0 saturated carbocycles. The highest BCUT2D eigenvalue weighted by atomic mass is 35.5. The molecule has 2 aliphatic heterocycles. The van der Waals surface area contributed by atoms with Gasteiger partial charge in [0.1, 0.15) is 6.04 Å². The summed E-state index contributed by atoms with van der Waals surface area (Å²) in [4.78, 5) is 4.60. The number of ether oxygens (including phenoxy) is 1. The van der Waals surface area contributed by atoms with Crippen molar-refractivity contribution in [3.8, 4) is 0 Å². The smallest absolute Gasteiger partial charge is 0.241 e. The number of para-hydroxylation sites is 1. The molecular formula is C17H14ClN3O. The van der Waals surface area contributed by atoms with Gasteiger partial charge in [0.25, 0.3) is 0 Å². The second-order valence-corrected chi connectivity index (χ2v) is 5.75. The monoisotopic (exact) mass is 311 g/mol. The quantitative estimate of drug-likeness (QED) is 0.839. The van der Waals surface area contributed by atoms with Crippen molar-refractivity contribution in [1.29, 1.82) is 0 Å². The highest BCUT2D eigenvalue weighted by molar-refractivity contribution is 6.30. The summed E-state index contributed by atoms with van der Waals surface area (Å²) in [5, 5.41) is 7.32. The summed E-state index contributed by atoms with van der Waals surface area (Å²) in [6, 6.07) is 17.7. The minimum atomic E-state index is -0.110. The van der Waals surface area contributed by atoms with Crippen molar-refractivity contribution < 1.29 is 4.74 Å². The molecule has 0 fully saturated rings. The van der Waals surface area contributed by atoms with Crippen LogP contribution in [0.5, 0.6) is 0 Å². The maximum absolute atomic E-state index is 6.01. The number of hydrazone groups is 1. The number of halogens is 1. The van der Waals surface area contributed by atoms with Crippen LogP contribution in [0.1, 0.15) is 18.5 Å². The number of rotatable bonds is 2. The summed E-state index contributed by atoms with van der Waals surface area (Å²) in [6.07, 6.45) is 0. The second-order valence-electron chi connectivity index (χ2n) is 5.31. The Hall–Kier alpha value is -2.33. The van der Waals surface area contributed by atoms with E-state index < -0.39 is 0 Å². The Bertz CT molecular complexity index is 755. The molecule has 2 aromatic rings. The lowest BCUT2D eigenvalue weighted by Gasteiger charge is -2.25. The maximum Gasteiger partial charge on any atom is 0.241 e. The van der Waals surface area contributed by atoms with E-state index in [1.54, 1.807) is 0 Å². The van der Waals surface area contributed by atoms with E-state index in [-0.39, 0.29) is 12.1 Å². The van der Waals surface area contributed by atoms with Crippen LogP contribution < -0.4 is 5.01 Å². The zero-order valence-electron chi connectivity index (χ0n) is 12.0. The molecule has 4 nitrogen and oxygen atoms in total. The maximum atomic E-state index is 6.01. The summed E-state index contributed by atoms with van der Waals surface area (Å²) in [6.45, 7) is 1.85. The minimum Gasteiger partial charge on any atom is -0.425 e. The zero-order valence-corrected chi connectivity index (χ0v) is 12.7. The van der Waals surface area contributed by atoms with Crippen molar-refractivity contribution in [3.63, 3.8) is 0 Å². The van der Waals surface area contributed by atoms with Gasteiger partial charge < -0.3 is 4.74 Å². The van der Waals surface area contributed by atoms with Gasteiger partial charge in [-0.15, -0.1) is 5.10 Å². The van der Waals surface area contributed by atoms with Crippen molar-refractivity contribution in [2.45, 2.75) is 19.0 Å². The first-order valence-corrected chi connectivity index (χ1v) is 7.51. The van der Waals surface area contributed by atoms with Gasteiger partial charge in [0, 0.05) is 11.9 Å². The standard InChI is InChI=1S/C17H14ClN3O/c1-11-19-15-16(12-7-9-13(18)10-8-12)21(20-17(15)22-11)14-5-3-2-4-6-14/h2-10,15-16H,1H3. The highest BCUT2D eigenvalue weighted by Gasteiger charge is 2.43. The van der Waals surface area contributed by atoms with Gasteiger partial charge >= 0.3 is 0 Å². The van der Waals surface area contributed by atoms with E-state index in [0.29, 0.717) is 11.8 Å². The third kappa shape index (κ3) is 2.16. The highest BCUT2D eigenvalue weighted by Crippen LogP contribution is 2.39. The Kier molecular flexibility index (Phi) is 3.12. The molecule has 0 bridgehead atoms. The molecule has 0 aliphatic carbocycles. The van der Waals surface area contributed by atoms with Gasteiger partial charge in [0.15, 0.2) is 11.9 Å². The molecule has 0 saturated heterocycles. The lowest BCUT2D eigenvalue weighted by Crippen LogP contribution is -2.27. The molecule has 0 radical (unpaired) electrons. The number of anilines is 1. The van der Waals surface area contributed by atoms with E-state index in [1.165, 1.54) is 0 Å². The Morgan fingerprint density at radius 1 is 1.05 bits per heavy atom. The van der Waals surface area contributed by atoms with Gasteiger partial charge in [-0.05, 0) is 29.8 Å². The van der Waals surface area contributed by atoms with Crippen LogP contribution in [-0.4, -0.2) is 17.8 Å². The number of hydrogen-bond acceptors (Lipinski definition) is 4. The van der Waals surface area contributed by atoms with E-state index in [4.69, 9.17) is 16.3 Å². The number of hydrogen-bond donors (Lipinski definition) is 0. The van der Waals surface area contributed by atoms with Crippen LogP contribution in [0.2, 0.25) is 5.02 Å². The summed E-state index contributed by atoms with van der Waals surface area (Å²) in [5.74, 6) is 1.32. The van der Waals surface area contributed by atoms with Crippen LogP contribution in [0.3, 0.4) is 0 Å². The Morgan fingerprint density at radius 2 is 1.77 bits per heavy atom. The number of benzene rings is 2. The summed E-state index contributed by atoms with van der Waals surface area (Å²) in [7, 11) is 0. The summed E-state index contributed by atoms with van der Waals surface area (Å²) < 4.78 is 5.64. The van der Waals surface area contributed by atoms with Gasteiger partial charge in [-0.1, -0.05) is 41.9 Å². The minimum absolute atomic E-state index is 0.0212. The van der Waals surface area contributed by atoms with Crippen LogP contribution >= 0.6 is 11.6 Å². The first kappa shape index (κ1) is 13.3. The van der Waals surface area contributed by atoms with E-state index in [9.17, 15) is 0 Å². The normalized spacial score (nSPS) is 22.9. The molecular weight excluding hydrogens is 298 g/mol. The Balaban J connectivity index is 1.78. The zero-order chi connectivity index (χ0) is 15.1. The molecule has 2 aromatic carbocycles. The molecule has 0 amide bonds. The number of nitrogens with zero attached hydrogens (tertiary/aromatic N) is 3. The Labute approximate surface area is 133 Å². The molecule has 0 N–H and O–H groups in total. The predicted octanol–water partition coefficient (Wildman–Crippen LogP) is 4.03. The van der Waals surface area contributed by atoms with Gasteiger partial charge in [0.2, 0.25) is 5.90 Å². The summed E-state index contributed by atoms with van der Waals surface area (Å²) in [5.41, 5.74) is 2.12. The molecule has 0 spiro atoms. The molecule has 22 heavy (non-hydrogen) atoms. The van der Waals surface area contributed by atoms with Gasteiger partial charge in [-0.2, -0.15) is 0 Å². The van der Waals surface area contributed by atoms with E-state index >= 15 is 0 Å². The van der Waals surface area contributed by atoms with E-state index in [0.717, 1.165) is 16.3 Å². The lowest BCUT2D eigenvalue weighted by atomic mass is 10.00. The van der Waals surface area contributed by atoms with E-state index in [1.807, 2.05) is 66.5 Å². The first-order chi connectivity index (χ1) is 10.7. The van der Waals surface area contributed by atoms with Crippen molar-refractivity contribution in [2.24, 2.45) is 10.1 Å². The van der Waals surface area contributed by atoms with E-state index in [2.05, 4.69) is 10.1 Å². The lowest BCUT2D eigenvalue weighted by molar-refractivity contribution is 0.550.